The molecule has 1 aliphatic heterocycles. The minimum Gasteiger partial charge on any atom is -0.432 e. The van der Waals surface area contributed by atoms with Crippen LogP contribution in [0.4, 0.5) is 6.01 Å². The number of hydrogen-bond donors (Lipinski definition) is 1. The molecule has 1 N–H and O–H groups in total. The Labute approximate surface area is 121 Å². The Morgan fingerprint density at radius 3 is 2.90 bits per heavy atom. The summed E-state index contributed by atoms with van der Waals surface area (Å²) in [5.41, 5.74) is 1.01. The van der Waals surface area contributed by atoms with Gasteiger partial charge < -0.3 is 14.6 Å². The molecule has 2 aliphatic rings. The van der Waals surface area contributed by atoms with Crippen molar-refractivity contribution < 1.29 is 4.42 Å². The third-order valence-electron chi connectivity index (χ3n) is 4.79. The summed E-state index contributed by atoms with van der Waals surface area (Å²) >= 11 is 0. The van der Waals surface area contributed by atoms with Crippen molar-refractivity contribution in [2.24, 2.45) is 11.8 Å². The fourth-order valence-corrected chi connectivity index (χ4v) is 3.61. The second-order valence-corrected chi connectivity index (χ2v) is 6.70. The highest BCUT2D eigenvalue weighted by Crippen LogP contribution is 2.37. The fraction of sp³-hybridized carbons (Fsp3) is 0.812. The highest BCUT2D eigenvalue weighted by atomic mass is 16.4. The molecule has 2 heterocycles. The molecule has 2 atom stereocenters. The Bertz CT molecular complexity index is 429. The maximum Gasteiger partial charge on any atom is 0.297 e. The smallest absolute Gasteiger partial charge is 0.297 e. The summed E-state index contributed by atoms with van der Waals surface area (Å²) in [7, 11) is 0. The monoisotopic (exact) mass is 277 g/mol. The summed E-state index contributed by atoms with van der Waals surface area (Å²) in [6.45, 7) is 7.34. The van der Waals surface area contributed by atoms with E-state index in [1.165, 1.54) is 32.1 Å². The van der Waals surface area contributed by atoms with Crippen molar-refractivity contribution in [1.82, 2.24) is 10.3 Å². The molecule has 0 bridgehead atoms. The predicted octanol–water partition coefficient (Wildman–Crippen LogP) is 3.19. The van der Waals surface area contributed by atoms with Crippen LogP contribution in [0.5, 0.6) is 0 Å². The van der Waals surface area contributed by atoms with E-state index in [0.29, 0.717) is 6.04 Å². The number of nitrogens with zero attached hydrogens (tertiary/aromatic N) is 2. The third-order valence-corrected chi connectivity index (χ3v) is 4.79. The largest absolute Gasteiger partial charge is 0.432 e. The molecule has 2 unspecified atom stereocenters. The third kappa shape index (κ3) is 3.17. The van der Waals surface area contributed by atoms with E-state index in [4.69, 9.17) is 4.42 Å². The van der Waals surface area contributed by atoms with E-state index in [9.17, 15) is 0 Å². The van der Waals surface area contributed by atoms with Gasteiger partial charge >= 0.3 is 0 Å². The number of anilines is 1. The molecule has 0 radical (unpaired) electrons. The normalized spacial score (nSPS) is 26.9. The Balaban J connectivity index is 1.59. The molecule has 0 aromatic carbocycles. The first-order valence-corrected chi connectivity index (χ1v) is 8.15. The van der Waals surface area contributed by atoms with Gasteiger partial charge in [-0.2, -0.15) is 4.98 Å². The number of nitrogens with one attached hydrogen (secondary N) is 1. The van der Waals surface area contributed by atoms with Crippen LogP contribution in [-0.2, 0) is 6.54 Å². The van der Waals surface area contributed by atoms with Gasteiger partial charge in [0.05, 0.1) is 5.69 Å². The zero-order valence-corrected chi connectivity index (χ0v) is 12.8. The van der Waals surface area contributed by atoms with Gasteiger partial charge in [-0.25, -0.2) is 0 Å². The van der Waals surface area contributed by atoms with Crippen molar-refractivity contribution in [2.75, 3.05) is 18.0 Å². The molecule has 0 amide bonds. The number of rotatable bonds is 4. The molecular formula is C16H27N3O. The van der Waals surface area contributed by atoms with Gasteiger partial charge in [-0.1, -0.05) is 33.1 Å². The number of hydrogen-bond acceptors (Lipinski definition) is 4. The van der Waals surface area contributed by atoms with Crippen LogP contribution in [0.15, 0.2) is 10.7 Å². The average Bonchev–Trinajstić information content (AvgIpc) is 2.93. The number of aromatic nitrogens is 1. The van der Waals surface area contributed by atoms with E-state index < -0.39 is 0 Å². The van der Waals surface area contributed by atoms with Crippen molar-refractivity contribution >= 4 is 6.01 Å². The van der Waals surface area contributed by atoms with E-state index in [2.05, 4.69) is 29.0 Å². The predicted molar refractivity (Wildman–Crippen MR) is 80.8 cm³/mol. The lowest BCUT2D eigenvalue weighted by Crippen LogP contribution is -2.42. The van der Waals surface area contributed by atoms with Crippen molar-refractivity contribution in [2.45, 2.75) is 58.5 Å². The first kappa shape index (κ1) is 13.9. The van der Waals surface area contributed by atoms with Crippen LogP contribution >= 0.6 is 0 Å². The van der Waals surface area contributed by atoms with Crippen LogP contribution in [0.3, 0.4) is 0 Å². The molecular weight excluding hydrogens is 250 g/mol. The SMILES string of the molecule is CC(C)NCc1coc(N2CCC3CCCCC3C2)n1. The summed E-state index contributed by atoms with van der Waals surface area (Å²) in [6.07, 6.45) is 8.79. The molecule has 20 heavy (non-hydrogen) atoms. The first-order chi connectivity index (χ1) is 9.72. The van der Waals surface area contributed by atoms with Gasteiger partial charge in [0.15, 0.2) is 0 Å². The Morgan fingerprint density at radius 1 is 1.30 bits per heavy atom. The van der Waals surface area contributed by atoms with E-state index in [1.807, 2.05) is 0 Å². The molecule has 4 heteroatoms. The topological polar surface area (TPSA) is 41.3 Å². The summed E-state index contributed by atoms with van der Waals surface area (Å²) in [4.78, 5) is 6.99. The standard InChI is InChI=1S/C16H27N3O/c1-12(2)17-9-15-11-20-16(18-15)19-8-7-13-5-3-4-6-14(13)10-19/h11-14,17H,3-10H2,1-2H3. The number of piperidine rings is 1. The second-order valence-electron chi connectivity index (χ2n) is 6.70. The van der Waals surface area contributed by atoms with Crippen molar-refractivity contribution in [3.05, 3.63) is 12.0 Å². The van der Waals surface area contributed by atoms with Crippen molar-refractivity contribution in [1.29, 1.82) is 0 Å². The summed E-state index contributed by atoms with van der Waals surface area (Å²) in [5, 5.41) is 3.38. The van der Waals surface area contributed by atoms with E-state index in [0.717, 1.165) is 43.2 Å². The van der Waals surface area contributed by atoms with Gasteiger partial charge in [0.1, 0.15) is 6.26 Å². The number of fused-ring (bicyclic) bond motifs is 1. The molecule has 0 spiro atoms. The van der Waals surface area contributed by atoms with Gasteiger partial charge in [-0.3, -0.25) is 0 Å². The Hall–Kier alpha value is -1.03. The van der Waals surface area contributed by atoms with Gasteiger partial charge in [-0.05, 0) is 24.7 Å². The molecule has 1 aromatic heterocycles. The fourth-order valence-electron chi connectivity index (χ4n) is 3.61. The lowest BCUT2D eigenvalue weighted by molar-refractivity contribution is 0.198. The zero-order valence-electron chi connectivity index (χ0n) is 12.8. The van der Waals surface area contributed by atoms with Crippen molar-refractivity contribution in [3.8, 4) is 0 Å². The van der Waals surface area contributed by atoms with Crippen LogP contribution in [0.2, 0.25) is 0 Å². The van der Waals surface area contributed by atoms with E-state index >= 15 is 0 Å². The molecule has 3 rings (SSSR count). The zero-order chi connectivity index (χ0) is 13.9. The molecule has 2 fully saturated rings. The van der Waals surface area contributed by atoms with Gasteiger partial charge in [0, 0.05) is 25.7 Å². The summed E-state index contributed by atoms with van der Waals surface area (Å²) in [6, 6.07) is 1.31. The average molecular weight is 277 g/mol. The van der Waals surface area contributed by atoms with E-state index in [1.54, 1.807) is 6.26 Å². The first-order valence-electron chi connectivity index (χ1n) is 8.15. The molecule has 1 aromatic rings. The highest BCUT2D eigenvalue weighted by Gasteiger charge is 2.32. The van der Waals surface area contributed by atoms with Gasteiger partial charge in [-0.15, -0.1) is 0 Å². The minimum atomic E-state index is 0.480. The van der Waals surface area contributed by atoms with Crippen LogP contribution < -0.4 is 10.2 Å². The van der Waals surface area contributed by atoms with Crippen LogP contribution in [0.25, 0.3) is 0 Å². The molecule has 4 nitrogen and oxygen atoms in total. The highest BCUT2D eigenvalue weighted by molar-refractivity contribution is 5.28. The minimum absolute atomic E-state index is 0.480. The van der Waals surface area contributed by atoms with Crippen molar-refractivity contribution in [3.63, 3.8) is 0 Å². The maximum atomic E-state index is 5.69. The van der Waals surface area contributed by atoms with E-state index in [-0.39, 0.29) is 0 Å². The quantitative estimate of drug-likeness (QED) is 0.917. The molecule has 1 saturated carbocycles. The lowest BCUT2D eigenvalue weighted by atomic mass is 9.75. The Morgan fingerprint density at radius 2 is 2.10 bits per heavy atom. The second kappa shape index (κ2) is 6.17. The molecule has 112 valence electrons. The van der Waals surface area contributed by atoms with Crippen LogP contribution in [0, 0.1) is 11.8 Å². The number of oxazole rings is 1. The van der Waals surface area contributed by atoms with Crippen LogP contribution in [0.1, 0.15) is 51.6 Å². The maximum absolute atomic E-state index is 5.69. The molecule has 1 aliphatic carbocycles. The van der Waals surface area contributed by atoms with Gasteiger partial charge in [0.2, 0.25) is 0 Å². The molecule has 1 saturated heterocycles. The summed E-state index contributed by atoms with van der Waals surface area (Å²) < 4.78 is 5.69. The Kier molecular flexibility index (Phi) is 4.29. The van der Waals surface area contributed by atoms with Gasteiger partial charge in [0.25, 0.3) is 6.01 Å². The summed E-state index contributed by atoms with van der Waals surface area (Å²) in [5.74, 6) is 1.82. The van der Waals surface area contributed by atoms with Crippen LogP contribution in [-0.4, -0.2) is 24.1 Å². The lowest BCUT2D eigenvalue weighted by Gasteiger charge is -2.40.